The van der Waals surface area contributed by atoms with Gasteiger partial charge < -0.3 is 4.74 Å². The van der Waals surface area contributed by atoms with Crippen molar-refractivity contribution >= 4 is 12.3 Å². The van der Waals surface area contributed by atoms with Gasteiger partial charge in [0.25, 0.3) is 0 Å². The van der Waals surface area contributed by atoms with Crippen LogP contribution in [-0.4, -0.2) is 24.0 Å². The maximum atomic E-state index is 11.8. The van der Waals surface area contributed by atoms with Gasteiger partial charge in [0, 0.05) is 12.0 Å². The maximum absolute atomic E-state index is 11.8. The number of hydrogen-bond donors (Lipinski definition) is 0. The summed E-state index contributed by atoms with van der Waals surface area (Å²) in [6.45, 7) is 4.93. The van der Waals surface area contributed by atoms with Gasteiger partial charge in [-0.15, -0.1) is 0 Å². The summed E-state index contributed by atoms with van der Waals surface area (Å²) in [5.41, 5.74) is -0.187. The van der Waals surface area contributed by atoms with E-state index in [-0.39, 0.29) is 0 Å². The van der Waals surface area contributed by atoms with Crippen LogP contribution in [0.4, 0.5) is 0 Å². The highest BCUT2D eigenvalue weighted by Gasteiger charge is 2.25. The molecule has 19 heavy (non-hydrogen) atoms. The van der Waals surface area contributed by atoms with E-state index in [1.807, 2.05) is 0 Å². The van der Waals surface area contributed by atoms with Gasteiger partial charge in [-0.3, -0.25) is 4.79 Å². The van der Waals surface area contributed by atoms with E-state index < -0.39 is 17.7 Å². The number of ether oxygens (including phenoxy) is 1. The first-order valence-electron chi connectivity index (χ1n) is 5.88. The van der Waals surface area contributed by atoms with Crippen molar-refractivity contribution in [2.24, 2.45) is 0 Å². The topological polar surface area (TPSA) is 72.5 Å². The number of carbonyl (C=O) groups excluding carboxylic acids is 2. The van der Waals surface area contributed by atoms with E-state index in [0.717, 1.165) is 0 Å². The minimum Gasteiger partial charge on any atom is -0.459 e. The first kappa shape index (κ1) is 15.3. The van der Waals surface area contributed by atoms with Crippen LogP contribution >= 0.6 is 0 Å². The number of carbonyl (C=O) groups is 1. The Morgan fingerprint density at radius 1 is 1.32 bits per heavy atom. The third-order valence-corrected chi connectivity index (χ3v) is 2.55. The molecule has 1 unspecified atom stereocenters. The Balaban J connectivity index is 2.61. The van der Waals surface area contributed by atoms with Gasteiger partial charge in [0.05, 0.1) is 5.56 Å². The molecule has 1 rings (SSSR count). The predicted molar refractivity (Wildman–Crippen MR) is 66.6 cm³/mol. The van der Waals surface area contributed by atoms with Crippen molar-refractivity contribution in [1.82, 2.24) is 0 Å². The van der Waals surface area contributed by atoms with Crippen molar-refractivity contribution in [3.05, 3.63) is 35.4 Å². The van der Waals surface area contributed by atoms with Gasteiger partial charge in [-0.25, -0.2) is 4.79 Å². The van der Waals surface area contributed by atoms with Crippen LogP contribution in [0.25, 0.3) is 0 Å². The van der Waals surface area contributed by atoms with Gasteiger partial charge in [0.1, 0.15) is 11.7 Å². The zero-order valence-corrected chi connectivity index (χ0v) is 11.1. The molecule has 0 saturated carbocycles. The second-order valence-corrected chi connectivity index (χ2v) is 4.94. The molecule has 5 heteroatoms. The molecule has 0 amide bonds. The van der Waals surface area contributed by atoms with Gasteiger partial charge in [0.2, 0.25) is 6.29 Å². The molecule has 0 aliphatic carbocycles. The fourth-order valence-electron chi connectivity index (χ4n) is 1.69. The highest BCUT2D eigenvalue weighted by atomic mass is 17.1. The number of hydrogen-bond acceptors (Lipinski definition) is 4. The van der Waals surface area contributed by atoms with Crippen LogP contribution in [0.1, 0.15) is 43.1 Å². The monoisotopic (exact) mass is 264 g/mol. The molecule has 1 aromatic carbocycles. The van der Waals surface area contributed by atoms with Crippen molar-refractivity contribution in [2.75, 3.05) is 0 Å². The predicted octanol–water partition coefficient (Wildman–Crippen LogP) is 2.22. The van der Waals surface area contributed by atoms with E-state index in [2.05, 4.69) is 4.89 Å². The molecular weight excluding hydrogens is 248 g/mol. The molecule has 0 spiro atoms. The molecule has 0 saturated heterocycles. The Hall–Kier alpha value is -1.72. The minimum atomic E-state index is -0.893. The lowest BCUT2D eigenvalue weighted by molar-refractivity contribution is -0.368. The molecule has 0 bridgehead atoms. The molecule has 2 radical (unpaired) electrons. The molecule has 1 atom stereocenters. The fraction of sp³-hybridized carbons (Fsp3) is 0.429. The van der Waals surface area contributed by atoms with Crippen LogP contribution in [0.5, 0.6) is 0 Å². The molecule has 5 nitrogen and oxygen atoms in total. The summed E-state index contributed by atoms with van der Waals surface area (Å²) in [6.07, 6.45) is 1.56. The molecule has 0 aliphatic rings. The van der Waals surface area contributed by atoms with Gasteiger partial charge in [-0.05, 0) is 38.2 Å². The van der Waals surface area contributed by atoms with Crippen LogP contribution in [0.3, 0.4) is 0 Å². The van der Waals surface area contributed by atoms with Crippen LogP contribution < -0.4 is 0 Å². The van der Waals surface area contributed by atoms with Gasteiger partial charge >= 0.3 is 5.97 Å². The summed E-state index contributed by atoms with van der Waals surface area (Å²) in [5.74, 6) is -0.508. The summed E-state index contributed by atoms with van der Waals surface area (Å²) in [5, 5.41) is 10.4. The summed E-state index contributed by atoms with van der Waals surface area (Å²) in [7, 11) is 0. The second kappa shape index (κ2) is 6.45. The number of benzene rings is 1. The smallest absolute Gasteiger partial charge is 0.338 e. The van der Waals surface area contributed by atoms with Crippen molar-refractivity contribution in [3.63, 3.8) is 0 Å². The third kappa shape index (κ3) is 4.81. The third-order valence-electron chi connectivity index (χ3n) is 2.55. The van der Waals surface area contributed by atoms with E-state index in [1.165, 1.54) is 24.3 Å². The lowest BCUT2D eigenvalue weighted by atomic mass is 10.0. The zero-order valence-electron chi connectivity index (χ0n) is 11.1. The van der Waals surface area contributed by atoms with Crippen molar-refractivity contribution in [3.8, 4) is 0 Å². The van der Waals surface area contributed by atoms with E-state index in [4.69, 9.17) is 4.74 Å². The lowest BCUT2D eigenvalue weighted by Crippen LogP contribution is -2.29. The lowest BCUT2D eigenvalue weighted by Gasteiger charge is -2.23. The summed E-state index contributed by atoms with van der Waals surface area (Å²) in [4.78, 5) is 26.2. The molecule has 0 fully saturated rings. The van der Waals surface area contributed by atoms with E-state index in [9.17, 15) is 14.8 Å². The number of esters is 1. The highest BCUT2D eigenvalue weighted by Crippen LogP contribution is 2.18. The quantitative estimate of drug-likeness (QED) is 0.448. The normalized spacial score (nSPS) is 12.8. The standard InChI is InChI=1S/C14H16O5/c1-10(8-14(2,3)19-17)18-13(16)12-6-4-11(9-15)5-7-12/h4-7,10H,8H2,1-3H3. The zero-order chi connectivity index (χ0) is 14.5. The average molecular weight is 264 g/mol. The molecule has 0 N–H and O–H groups in total. The molecule has 1 aromatic rings. The Morgan fingerprint density at radius 2 is 1.89 bits per heavy atom. The maximum Gasteiger partial charge on any atom is 0.338 e. The van der Waals surface area contributed by atoms with E-state index >= 15 is 0 Å². The van der Waals surface area contributed by atoms with Crippen molar-refractivity contribution in [2.45, 2.75) is 38.9 Å². The van der Waals surface area contributed by atoms with Gasteiger partial charge in [-0.2, -0.15) is 4.89 Å². The average Bonchev–Trinajstić information content (AvgIpc) is 2.38. The van der Waals surface area contributed by atoms with E-state index in [0.29, 0.717) is 17.5 Å². The summed E-state index contributed by atoms with van der Waals surface area (Å²) in [6, 6.07) is 5.95. The first-order valence-corrected chi connectivity index (χ1v) is 5.88. The Labute approximate surface area is 112 Å². The van der Waals surface area contributed by atoms with Crippen LogP contribution in [0.15, 0.2) is 24.3 Å². The SMILES string of the molecule is CC(CC(C)(C)O[O])OC(=O)c1ccc([C]=O)cc1. The molecule has 102 valence electrons. The van der Waals surface area contributed by atoms with E-state index in [1.54, 1.807) is 27.1 Å². The highest BCUT2D eigenvalue weighted by molar-refractivity contribution is 5.90. The molecular formula is C14H16O5. The number of rotatable bonds is 6. The van der Waals surface area contributed by atoms with Crippen LogP contribution in [0.2, 0.25) is 0 Å². The fourth-order valence-corrected chi connectivity index (χ4v) is 1.69. The first-order chi connectivity index (χ1) is 8.88. The molecule has 0 heterocycles. The summed E-state index contributed by atoms with van der Waals surface area (Å²) < 4.78 is 5.19. The van der Waals surface area contributed by atoms with Crippen LogP contribution in [-0.2, 0) is 19.7 Å². The van der Waals surface area contributed by atoms with Crippen LogP contribution in [0, 0.1) is 0 Å². The Bertz CT molecular complexity index is 436. The summed E-state index contributed by atoms with van der Waals surface area (Å²) >= 11 is 0. The van der Waals surface area contributed by atoms with Gasteiger partial charge in [-0.1, -0.05) is 12.1 Å². The molecule has 0 aromatic heterocycles. The minimum absolute atomic E-state index is 0.294. The van der Waals surface area contributed by atoms with Crippen molar-refractivity contribution in [1.29, 1.82) is 0 Å². The molecule has 0 aliphatic heterocycles. The van der Waals surface area contributed by atoms with Gasteiger partial charge in [0.15, 0.2) is 0 Å². The Morgan fingerprint density at radius 3 is 2.37 bits per heavy atom. The Kier molecular flexibility index (Phi) is 5.20. The second-order valence-electron chi connectivity index (χ2n) is 4.94. The van der Waals surface area contributed by atoms with Crippen molar-refractivity contribution < 1.29 is 24.5 Å². The largest absolute Gasteiger partial charge is 0.459 e.